The van der Waals surface area contributed by atoms with E-state index in [9.17, 15) is 4.79 Å². The number of carbonyl (C=O) groups is 1. The average molecular weight is 246 g/mol. The lowest BCUT2D eigenvalue weighted by atomic mass is 10.6. The summed E-state index contributed by atoms with van der Waals surface area (Å²) in [4.78, 5) is 16.2. The van der Waals surface area contributed by atoms with Crippen LogP contribution in [0.5, 0.6) is 0 Å². The molecule has 0 radical (unpaired) electrons. The highest BCUT2D eigenvalue weighted by molar-refractivity contribution is 7.99. The molecule has 0 saturated heterocycles. The first kappa shape index (κ1) is 12.3. The Morgan fingerprint density at radius 2 is 2.53 bits per heavy atom. The van der Waals surface area contributed by atoms with Crippen molar-refractivity contribution in [3.63, 3.8) is 0 Å². The molecule has 0 aliphatic heterocycles. The molecule has 15 heavy (non-hydrogen) atoms. The molecule has 0 spiro atoms. The van der Waals surface area contributed by atoms with Crippen LogP contribution >= 0.6 is 23.1 Å². The van der Waals surface area contributed by atoms with Crippen LogP contribution in [0.2, 0.25) is 0 Å². The molecule has 0 amide bonds. The molecule has 0 atom stereocenters. The Labute approximate surface area is 97.4 Å². The number of nitrogens with zero attached hydrogens (tertiary/aromatic N) is 1. The number of methoxy groups -OCH3 is 1. The van der Waals surface area contributed by atoms with Gasteiger partial charge in [-0.05, 0) is 6.92 Å². The minimum Gasteiger partial charge on any atom is -0.468 e. The Kier molecular flexibility index (Phi) is 5.49. The molecule has 1 heterocycles. The summed E-state index contributed by atoms with van der Waals surface area (Å²) in [5.74, 6) is 1.01. The molecule has 1 rings (SSSR count). The zero-order valence-electron chi connectivity index (χ0n) is 8.78. The number of anilines is 1. The van der Waals surface area contributed by atoms with Crippen molar-refractivity contribution in [2.75, 3.05) is 24.7 Å². The third kappa shape index (κ3) is 4.53. The van der Waals surface area contributed by atoms with Gasteiger partial charge in [-0.3, -0.25) is 4.79 Å². The van der Waals surface area contributed by atoms with Crippen molar-refractivity contribution in [1.29, 1.82) is 0 Å². The number of esters is 1. The van der Waals surface area contributed by atoms with E-state index >= 15 is 0 Å². The largest absolute Gasteiger partial charge is 0.468 e. The van der Waals surface area contributed by atoms with Gasteiger partial charge in [0.15, 0.2) is 5.13 Å². The molecule has 84 valence electrons. The van der Waals surface area contributed by atoms with Crippen molar-refractivity contribution in [1.82, 2.24) is 4.98 Å². The third-order valence-corrected chi connectivity index (χ3v) is 3.67. The summed E-state index contributed by atoms with van der Waals surface area (Å²) in [6, 6.07) is 0. The van der Waals surface area contributed by atoms with Gasteiger partial charge < -0.3 is 10.1 Å². The summed E-state index contributed by atoms with van der Waals surface area (Å²) >= 11 is 3.16. The highest BCUT2D eigenvalue weighted by Crippen LogP contribution is 2.22. The minimum atomic E-state index is -0.184. The van der Waals surface area contributed by atoms with Gasteiger partial charge in [-0.15, -0.1) is 23.1 Å². The van der Waals surface area contributed by atoms with E-state index < -0.39 is 0 Å². The molecule has 6 heteroatoms. The second kappa shape index (κ2) is 6.68. The van der Waals surface area contributed by atoms with Crippen molar-refractivity contribution in [2.24, 2.45) is 0 Å². The number of thioether (sulfide) groups is 1. The average Bonchev–Trinajstić information content (AvgIpc) is 2.66. The first-order chi connectivity index (χ1) is 7.26. The predicted octanol–water partition coefficient (Wildman–Crippen LogP) is 1.98. The monoisotopic (exact) mass is 246 g/mol. The van der Waals surface area contributed by atoms with Crippen LogP contribution in [0, 0.1) is 0 Å². The van der Waals surface area contributed by atoms with E-state index in [4.69, 9.17) is 0 Å². The van der Waals surface area contributed by atoms with Gasteiger partial charge in [0.2, 0.25) is 0 Å². The highest BCUT2D eigenvalue weighted by atomic mass is 32.2. The first-order valence-corrected chi connectivity index (χ1v) is 6.56. The van der Waals surface area contributed by atoms with E-state index in [0.29, 0.717) is 5.75 Å². The molecule has 0 fully saturated rings. The lowest BCUT2D eigenvalue weighted by molar-refractivity contribution is -0.137. The zero-order chi connectivity index (χ0) is 11.1. The van der Waals surface area contributed by atoms with Crippen LogP contribution in [0.4, 0.5) is 5.13 Å². The summed E-state index contributed by atoms with van der Waals surface area (Å²) in [5, 5.41) is 4.08. The lowest BCUT2D eigenvalue weighted by Crippen LogP contribution is -2.02. The highest BCUT2D eigenvalue weighted by Gasteiger charge is 2.03. The Bertz CT molecular complexity index is 315. The number of rotatable bonds is 6. The second-order valence-electron chi connectivity index (χ2n) is 2.73. The summed E-state index contributed by atoms with van der Waals surface area (Å²) in [5.41, 5.74) is 0. The molecular formula is C9H14N2O2S2. The van der Waals surface area contributed by atoms with E-state index in [-0.39, 0.29) is 5.97 Å². The summed E-state index contributed by atoms with van der Waals surface area (Å²) in [6.07, 6.45) is 1.84. The molecule has 0 saturated carbocycles. The molecule has 0 aromatic carbocycles. The smallest absolute Gasteiger partial charge is 0.315 e. The van der Waals surface area contributed by atoms with Crippen LogP contribution in [-0.4, -0.2) is 30.4 Å². The van der Waals surface area contributed by atoms with Gasteiger partial charge in [0.25, 0.3) is 0 Å². The Hall–Kier alpha value is -0.750. The Balaban J connectivity index is 2.28. The zero-order valence-corrected chi connectivity index (χ0v) is 10.4. The standard InChI is InChI=1S/C9H14N2O2S2/c1-3-10-9-11-4-7(15-9)5-14-6-8(12)13-2/h4H,3,5-6H2,1-2H3,(H,10,11). The maximum Gasteiger partial charge on any atom is 0.315 e. The fourth-order valence-electron chi connectivity index (χ4n) is 0.901. The van der Waals surface area contributed by atoms with E-state index in [1.54, 1.807) is 11.3 Å². The lowest BCUT2D eigenvalue weighted by Gasteiger charge is -1.97. The van der Waals surface area contributed by atoms with Crippen molar-refractivity contribution < 1.29 is 9.53 Å². The number of carbonyl (C=O) groups excluding carboxylic acids is 1. The molecule has 1 aromatic heterocycles. The number of hydrogen-bond acceptors (Lipinski definition) is 6. The van der Waals surface area contributed by atoms with Crippen molar-refractivity contribution in [3.05, 3.63) is 11.1 Å². The number of aromatic nitrogens is 1. The fourth-order valence-corrected chi connectivity index (χ4v) is 2.72. The van der Waals surface area contributed by atoms with Gasteiger partial charge in [0, 0.05) is 23.4 Å². The maximum atomic E-state index is 10.8. The second-order valence-corrected chi connectivity index (χ2v) is 4.83. The van der Waals surface area contributed by atoms with Gasteiger partial charge in [-0.25, -0.2) is 4.98 Å². The molecule has 0 aliphatic rings. The van der Waals surface area contributed by atoms with Gasteiger partial charge in [0.05, 0.1) is 12.9 Å². The van der Waals surface area contributed by atoms with Crippen molar-refractivity contribution in [2.45, 2.75) is 12.7 Å². The van der Waals surface area contributed by atoms with E-state index in [1.807, 2.05) is 13.1 Å². The van der Waals surface area contributed by atoms with Crippen LogP contribution in [-0.2, 0) is 15.3 Å². The molecule has 1 aromatic rings. The molecule has 0 unspecified atom stereocenters. The number of hydrogen-bond donors (Lipinski definition) is 1. The SMILES string of the molecule is CCNc1ncc(CSCC(=O)OC)s1. The number of thiazole rings is 1. The van der Waals surface area contributed by atoms with Gasteiger partial charge in [-0.1, -0.05) is 0 Å². The van der Waals surface area contributed by atoms with E-state index in [2.05, 4.69) is 15.0 Å². The summed E-state index contributed by atoms with van der Waals surface area (Å²) < 4.78 is 4.55. The van der Waals surface area contributed by atoms with Crippen LogP contribution in [0.25, 0.3) is 0 Å². The van der Waals surface area contributed by atoms with Crippen LogP contribution in [0.3, 0.4) is 0 Å². The quantitative estimate of drug-likeness (QED) is 0.778. The maximum absolute atomic E-state index is 10.8. The van der Waals surface area contributed by atoms with Crippen molar-refractivity contribution >= 4 is 34.2 Å². The summed E-state index contributed by atoms with van der Waals surface area (Å²) in [6.45, 7) is 2.91. The minimum absolute atomic E-state index is 0.184. The normalized spacial score (nSPS) is 10.0. The van der Waals surface area contributed by atoms with Crippen LogP contribution in [0.15, 0.2) is 6.20 Å². The third-order valence-electron chi connectivity index (χ3n) is 1.57. The van der Waals surface area contributed by atoms with E-state index in [0.717, 1.165) is 17.4 Å². The van der Waals surface area contributed by atoms with Crippen molar-refractivity contribution in [3.8, 4) is 0 Å². The van der Waals surface area contributed by atoms with Gasteiger partial charge >= 0.3 is 5.97 Å². The first-order valence-electron chi connectivity index (χ1n) is 4.59. The Morgan fingerprint density at radius 3 is 3.20 bits per heavy atom. The molecule has 0 bridgehead atoms. The van der Waals surface area contributed by atoms with Gasteiger partial charge in [-0.2, -0.15) is 0 Å². The van der Waals surface area contributed by atoms with E-state index in [1.165, 1.54) is 23.7 Å². The number of nitrogens with one attached hydrogen (secondary N) is 1. The summed E-state index contributed by atoms with van der Waals surface area (Å²) in [7, 11) is 1.40. The molecule has 4 nitrogen and oxygen atoms in total. The topological polar surface area (TPSA) is 51.2 Å². The Morgan fingerprint density at radius 1 is 1.73 bits per heavy atom. The fraction of sp³-hybridized carbons (Fsp3) is 0.556. The van der Waals surface area contributed by atoms with Crippen LogP contribution in [0.1, 0.15) is 11.8 Å². The predicted molar refractivity (Wildman–Crippen MR) is 64.5 cm³/mol. The molecule has 0 aliphatic carbocycles. The molecule has 1 N–H and O–H groups in total. The number of ether oxygens (including phenoxy) is 1. The van der Waals surface area contributed by atoms with Crippen LogP contribution < -0.4 is 5.32 Å². The molecular weight excluding hydrogens is 232 g/mol. The van der Waals surface area contributed by atoms with Gasteiger partial charge in [0.1, 0.15) is 0 Å².